The predicted molar refractivity (Wildman–Crippen MR) is 98.7 cm³/mol. The molecule has 0 spiro atoms. The highest BCUT2D eigenvalue weighted by molar-refractivity contribution is 5.97. The molecule has 1 aromatic heterocycles. The molecule has 4 nitrogen and oxygen atoms in total. The van der Waals surface area contributed by atoms with Crippen LogP contribution in [0.4, 0.5) is 10.1 Å². The fourth-order valence-electron chi connectivity index (χ4n) is 2.87. The Hall–Kier alpha value is -3.21. The van der Waals surface area contributed by atoms with Crippen molar-refractivity contribution in [3.8, 4) is 0 Å². The summed E-state index contributed by atoms with van der Waals surface area (Å²) in [6.07, 6.45) is 3.83. The molecule has 0 fully saturated rings. The molecule has 1 heterocycles. The summed E-state index contributed by atoms with van der Waals surface area (Å²) >= 11 is 0. The van der Waals surface area contributed by atoms with Gasteiger partial charge < -0.3 is 9.88 Å². The number of carbonyl (C=O) groups is 2. The number of aromatic nitrogens is 1. The van der Waals surface area contributed by atoms with Crippen molar-refractivity contribution in [2.45, 2.75) is 19.4 Å². The number of amides is 1. The van der Waals surface area contributed by atoms with Crippen LogP contribution in [0, 0.1) is 5.82 Å². The van der Waals surface area contributed by atoms with E-state index in [0.29, 0.717) is 16.8 Å². The van der Waals surface area contributed by atoms with E-state index in [1.165, 1.54) is 19.1 Å². The molecule has 0 saturated carbocycles. The zero-order chi connectivity index (χ0) is 18.5. The minimum atomic E-state index is -0.339. The van der Waals surface area contributed by atoms with Gasteiger partial charge >= 0.3 is 0 Å². The summed E-state index contributed by atoms with van der Waals surface area (Å²) in [5, 5.41) is 2.82. The van der Waals surface area contributed by atoms with Gasteiger partial charge in [0.15, 0.2) is 5.78 Å². The molecule has 132 valence electrons. The van der Waals surface area contributed by atoms with E-state index in [1.54, 1.807) is 36.4 Å². The molecule has 1 atom stereocenters. The van der Waals surface area contributed by atoms with Gasteiger partial charge in [-0.1, -0.05) is 24.3 Å². The summed E-state index contributed by atoms with van der Waals surface area (Å²) in [7, 11) is 0. The zero-order valence-electron chi connectivity index (χ0n) is 14.4. The molecule has 3 rings (SSSR count). The number of hydrogen-bond acceptors (Lipinski definition) is 2. The van der Waals surface area contributed by atoms with Gasteiger partial charge in [-0.3, -0.25) is 9.59 Å². The Balaban J connectivity index is 1.80. The Morgan fingerprint density at radius 3 is 2.46 bits per heavy atom. The molecule has 0 aliphatic carbocycles. The molecular weight excluding hydrogens is 331 g/mol. The molecule has 0 radical (unpaired) electrons. The highest BCUT2D eigenvalue weighted by atomic mass is 19.1. The number of hydrogen-bond donors (Lipinski definition) is 1. The number of rotatable bonds is 6. The van der Waals surface area contributed by atoms with Crippen LogP contribution in [0.2, 0.25) is 0 Å². The Morgan fingerprint density at radius 1 is 1.04 bits per heavy atom. The largest absolute Gasteiger partial charge is 0.346 e. The number of anilines is 1. The molecule has 5 heteroatoms. The van der Waals surface area contributed by atoms with E-state index in [4.69, 9.17) is 0 Å². The predicted octanol–water partition coefficient (Wildman–Crippen LogP) is 4.45. The van der Waals surface area contributed by atoms with Crippen LogP contribution in [0.15, 0.2) is 73.1 Å². The molecule has 2 aromatic carbocycles. The lowest BCUT2D eigenvalue weighted by Crippen LogP contribution is -2.19. The molecule has 1 N–H and O–H groups in total. The normalized spacial score (nSPS) is 11.8. The van der Waals surface area contributed by atoms with Gasteiger partial charge in [0.2, 0.25) is 5.91 Å². The monoisotopic (exact) mass is 350 g/mol. The first-order valence-corrected chi connectivity index (χ1v) is 8.32. The SMILES string of the molecule is CC(=O)c1cccc(NC(=O)C[C@@H](c2cccc(F)c2)n2cccc2)c1. The maximum absolute atomic E-state index is 13.6. The van der Waals surface area contributed by atoms with Crippen molar-refractivity contribution in [2.24, 2.45) is 0 Å². The third-order valence-electron chi connectivity index (χ3n) is 4.15. The van der Waals surface area contributed by atoms with E-state index in [0.717, 1.165) is 0 Å². The summed E-state index contributed by atoms with van der Waals surface area (Å²) in [6.45, 7) is 1.48. The van der Waals surface area contributed by atoms with E-state index in [2.05, 4.69) is 5.32 Å². The van der Waals surface area contributed by atoms with Crippen LogP contribution >= 0.6 is 0 Å². The van der Waals surface area contributed by atoms with Gasteiger partial charge in [0, 0.05) is 23.6 Å². The van der Waals surface area contributed by atoms with Crippen LogP contribution in [-0.4, -0.2) is 16.3 Å². The third-order valence-corrected chi connectivity index (χ3v) is 4.15. The van der Waals surface area contributed by atoms with Gasteiger partial charge in [0.05, 0.1) is 12.5 Å². The average Bonchev–Trinajstić information content (AvgIpc) is 3.14. The Kier molecular flexibility index (Phi) is 5.27. The van der Waals surface area contributed by atoms with Crippen molar-refractivity contribution in [3.05, 3.63) is 90.0 Å². The third kappa shape index (κ3) is 4.25. The summed E-state index contributed by atoms with van der Waals surface area (Å²) in [4.78, 5) is 24.0. The molecular formula is C21H19FN2O2. The Bertz CT molecular complexity index is 919. The second-order valence-electron chi connectivity index (χ2n) is 6.09. The fourth-order valence-corrected chi connectivity index (χ4v) is 2.87. The molecule has 0 saturated heterocycles. The lowest BCUT2D eigenvalue weighted by molar-refractivity contribution is -0.116. The van der Waals surface area contributed by atoms with Crippen molar-refractivity contribution in [3.63, 3.8) is 0 Å². The zero-order valence-corrected chi connectivity index (χ0v) is 14.4. The first kappa shape index (κ1) is 17.6. The number of carbonyl (C=O) groups excluding carboxylic acids is 2. The summed E-state index contributed by atoms with van der Waals surface area (Å²) in [5.41, 5.74) is 1.82. The van der Waals surface area contributed by atoms with Gasteiger partial charge in [0.1, 0.15) is 5.82 Å². The molecule has 1 amide bonds. The minimum Gasteiger partial charge on any atom is -0.346 e. The van der Waals surface area contributed by atoms with E-state index in [9.17, 15) is 14.0 Å². The smallest absolute Gasteiger partial charge is 0.226 e. The van der Waals surface area contributed by atoms with E-state index in [-0.39, 0.29) is 30.0 Å². The maximum atomic E-state index is 13.6. The lowest BCUT2D eigenvalue weighted by atomic mass is 10.0. The molecule has 0 aliphatic heterocycles. The first-order valence-electron chi connectivity index (χ1n) is 8.32. The number of halogens is 1. The number of benzene rings is 2. The Labute approximate surface area is 151 Å². The van der Waals surface area contributed by atoms with Crippen molar-refractivity contribution < 1.29 is 14.0 Å². The first-order chi connectivity index (χ1) is 12.5. The molecule has 0 bridgehead atoms. The highest BCUT2D eigenvalue weighted by Gasteiger charge is 2.18. The number of nitrogens with one attached hydrogen (secondary N) is 1. The van der Waals surface area contributed by atoms with Gasteiger partial charge in [-0.2, -0.15) is 0 Å². The highest BCUT2D eigenvalue weighted by Crippen LogP contribution is 2.24. The van der Waals surface area contributed by atoms with Crippen LogP contribution in [0.25, 0.3) is 0 Å². The molecule has 0 unspecified atom stereocenters. The second kappa shape index (κ2) is 7.78. The van der Waals surface area contributed by atoms with Gasteiger partial charge in [-0.25, -0.2) is 4.39 Å². The van der Waals surface area contributed by atoms with Crippen molar-refractivity contribution >= 4 is 17.4 Å². The van der Waals surface area contributed by atoms with E-state index >= 15 is 0 Å². The lowest BCUT2D eigenvalue weighted by Gasteiger charge is -2.19. The van der Waals surface area contributed by atoms with Gasteiger partial charge in [-0.15, -0.1) is 0 Å². The van der Waals surface area contributed by atoms with Crippen LogP contribution in [0.1, 0.15) is 35.3 Å². The van der Waals surface area contributed by atoms with Gasteiger partial charge in [-0.05, 0) is 48.9 Å². The topological polar surface area (TPSA) is 51.1 Å². The summed E-state index contributed by atoms with van der Waals surface area (Å²) in [5.74, 6) is -0.617. The standard InChI is InChI=1S/C21H19FN2O2/c1-15(25)16-6-5-9-19(13-16)23-21(26)14-20(24-10-2-3-11-24)17-7-4-8-18(22)12-17/h2-13,20H,14H2,1H3,(H,23,26)/t20-/m0/s1. The van der Waals surface area contributed by atoms with Crippen LogP contribution in [0.5, 0.6) is 0 Å². The summed E-state index contributed by atoms with van der Waals surface area (Å²) < 4.78 is 15.5. The molecule has 26 heavy (non-hydrogen) atoms. The Morgan fingerprint density at radius 2 is 1.77 bits per heavy atom. The maximum Gasteiger partial charge on any atom is 0.226 e. The average molecular weight is 350 g/mol. The van der Waals surface area contributed by atoms with E-state index < -0.39 is 0 Å². The number of Topliss-reactive ketones (excluding diaryl/α,β-unsaturated/α-hetero) is 1. The molecule has 0 aliphatic rings. The minimum absolute atomic E-state index is 0.0638. The van der Waals surface area contributed by atoms with Crippen molar-refractivity contribution in [1.29, 1.82) is 0 Å². The molecule has 3 aromatic rings. The fraction of sp³-hybridized carbons (Fsp3) is 0.143. The quantitative estimate of drug-likeness (QED) is 0.668. The van der Waals surface area contributed by atoms with Crippen LogP contribution in [0.3, 0.4) is 0 Å². The van der Waals surface area contributed by atoms with Crippen LogP contribution in [-0.2, 0) is 4.79 Å². The second-order valence-corrected chi connectivity index (χ2v) is 6.09. The van der Waals surface area contributed by atoms with Gasteiger partial charge in [0.25, 0.3) is 0 Å². The number of ketones is 1. The van der Waals surface area contributed by atoms with E-state index in [1.807, 2.05) is 29.1 Å². The van der Waals surface area contributed by atoms with Crippen LogP contribution < -0.4 is 5.32 Å². The van der Waals surface area contributed by atoms with Crippen molar-refractivity contribution in [2.75, 3.05) is 5.32 Å². The van der Waals surface area contributed by atoms with Crippen molar-refractivity contribution in [1.82, 2.24) is 4.57 Å². The summed E-state index contributed by atoms with van der Waals surface area (Å²) in [6, 6.07) is 16.5. The number of nitrogens with zero attached hydrogens (tertiary/aromatic N) is 1.